The first-order valence-corrected chi connectivity index (χ1v) is 6.07. The lowest BCUT2D eigenvalue weighted by Crippen LogP contribution is -1.73. The van der Waals surface area contributed by atoms with E-state index in [0.717, 1.165) is 5.01 Å². The molecule has 0 saturated carbocycles. The summed E-state index contributed by atoms with van der Waals surface area (Å²) in [5.41, 5.74) is 2.56. The van der Waals surface area contributed by atoms with Crippen molar-refractivity contribution in [2.24, 2.45) is 0 Å². The van der Waals surface area contributed by atoms with Gasteiger partial charge in [0.1, 0.15) is 0 Å². The maximum Gasteiger partial charge on any atom is 0.0900 e. The molecule has 2 aromatic rings. The number of hydrogen-bond acceptors (Lipinski definition) is 2. The van der Waals surface area contributed by atoms with E-state index in [2.05, 4.69) is 36.2 Å². The van der Waals surface area contributed by atoms with Crippen LogP contribution in [0.2, 0.25) is 0 Å². The zero-order valence-corrected chi connectivity index (χ0v) is 12.1. The van der Waals surface area contributed by atoms with Crippen LogP contribution in [-0.4, -0.2) is 4.98 Å². The Morgan fingerprint density at radius 3 is 2.31 bits per heavy atom. The summed E-state index contributed by atoms with van der Waals surface area (Å²) in [6.45, 7) is 8.14. The number of benzene rings is 1. The van der Waals surface area contributed by atoms with E-state index in [1.54, 1.807) is 11.3 Å². The molecule has 0 N–H and O–H groups in total. The Bertz CT molecular complexity index is 421. The Morgan fingerprint density at radius 2 is 1.81 bits per heavy atom. The molecule has 0 fully saturated rings. The maximum atomic E-state index is 4.24. The fraction of sp³-hybridized carbons (Fsp3) is 0.308. The topological polar surface area (TPSA) is 12.9 Å². The third-order valence-corrected chi connectivity index (χ3v) is 2.89. The number of nitrogens with zero attached hydrogens (tertiary/aromatic N) is 1. The third kappa shape index (κ3) is 3.99. The van der Waals surface area contributed by atoms with Crippen molar-refractivity contribution in [1.82, 2.24) is 4.98 Å². The minimum atomic E-state index is 0. The highest BCUT2D eigenvalue weighted by Gasteiger charge is 2.00. The molecule has 2 rings (SSSR count). The molecular formula is C13H19NS2. The Kier molecular flexibility index (Phi) is 7.10. The molecule has 0 amide bonds. The van der Waals surface area contributed by atoms with Crippen LogP contribution in [0.25, 0.3) is 10.4 Å². The number of rotatable bonds is 1. The zero-order chi connectivity index (χ0) is 11.3. The van der Waals surface area contributed by atoms with E-state index in [0.29, 0.717) is 0 Å². The minimum absolute atomic E-state index is 0. The molecule has 0 aliphatic heterocycles. The summed E-state index contributed by atoms with van der Waals surface area (Å²) in [5.74, 6) is 0. The Morgan fingerprint density at radius 1 is 1.12 bits per heavy atom. The molecule has 1 aromatic carbocycles. The van der Waals surface area contributed by atoms with E-state index in [9.17, 15) is 0 Å². The lowest BCUT2D eigenvalue weighted by molar-refractivity contribution is 1.30. The summed E-state index contributed by atoms with van der Waals surface area (Å²) in [6, 6.07) is 8.50. The number of aryl methyl sites for hydroxylation is 2. The molecule has 1 nitrogen and oxygen atoms in total. The minimum Gasteiger partial charge on any atom is -0.249 e. The largest absolute Gasteiger partial charge is 0.249 e. The van der Waals surface area contributed by atoms with Gasteiger partial charge in [0.2, 0.25) is 0 Å². The summed E-state index contributed by atoms with van der Waals surface area (Å²) < 4.78 is 0. The van der Waals surface area contributed by atoms with Crippen molar-refractivity contribution in [3.8, 4) is 10.4 Å². The SMILES string of the molecule is CC.Cc1cccc(-c2cnc(C)s2)c1.S. The van der Waals surface area contributed by atoms with Crippen molar-refractivity contribution in [2.75, 3.05) is 0 Å². The predicted molar refractivity (Wildman–Crippen MR) is 78.8 cm³/mol. The highest BCUT2D eigenvalue weighted by Crippen LogP contribution is 2.25. The number of thiazole rings is 1. The van der Waals surface area contributed by atoms with Gasteiger partial charge in [0.25, 0.3) is 0 Å². The van der Waals surface area contributed by atoms with Crippen molar-refractivity contribution in [2.45, 2.75) is 27.7 Å². The Labute approximate surface area is 109 Å². The zero-order valence-electron chi connectivity index (χ0n) is 10.2. The Balaban J connectivity index is 0.000000711. The lowest BCUT2D eigenvalue weighted by atomic mass is 10.1. The average molecular weight is 253 g/mol. The average Bonchev–Trinajstić information content (AvgIpc) is 2.68. The van der Waals surface area contributed by atoms with E-state index in [-0.39, 0.29) is 13.5 Å². The van der Waals surface area contributed by atoms with Crippen molar-refractivity contribution in [3.05, 3.63) is 41.0 Å². The first-order valence-electron chi connectivity index (χ1n) is 5.25. The van der Waals surface area contributed by atoms with Crippen molar-refractivity contribution >= 4 is 24.8 Å². The van der Waals surface area contributed by atoms with Crippen LogP contribution in [0.3, 0.4) is 0 Å². The molecule has 0 unspecified atom stereocenters. The van der Waals surface area contributed by atoms with Gasteiger partial charge < -0.3 is 0 Å². The van der Waals surface area contributed by atoms with Gasteiger partial charge in [-0.3, -0.25) is 0 Å². The van der Waals surface area contributed by atoms with E-state index in [1.807, 2.05) is 27.0 Å². The fourth-order valence-electron chi connectivity index (χ4n) is 1.29. The van der Waals surface area contributed by atoms with Gasteiger partial charge in [-0.15, -0.1) is 11.3 Å². The van der Waals surface area contributed by atoms with Crippen LogP contribution in [0.15, 0.2) is 30.5 Å². The van der Waals surface area contributed by atoms with Crippen LogP contribution in [0.1, 0.15) is 24.4 Å². The maximum absolute atomic E-state index is 4.24. The van der Waals surface area contributed by atoms with E-state index < -0.39 is 0 Å². The predicted octanol–water partition coefficient (Wildman–Crippen LogP) is 4.57. The fourth-order valence-corrected chi connectivity index (χ4v) is 2.07. The number of hydrogen-bond donors (Lipinski definition) is 0. The molecule has 0 atom stereocenters. The normalized spacial score (nSPS) is 8.75. The molecule has 0 radical (unpaired) electrons. The summed E-state index contributed by atoms with van der Waals surface area (Å²) in [7, 11) is 0. The van der Waals surface area contributed by atoms with Gasteiger partial charge in [-0.05, 0) is 19.4 Å². The Hall–Kier alpha value is -0.800. The molecule has 88 valence electrons. The van der Waals surface area contributed by atoms with Gasteiger partial charge >= 0.3 is 0 Å². The molecular weight excluding hydrogens is 234 g/mol. The first kappa shape index (κ1) is 15.2. The molecule has 1 heterocycles. The molecule has 0 spiro atoms. The van der Waals surface area contributed by atoms with Gasteiger partial charge in [-0.25, -0.2) is 4.98 Å². The molecule has 0 aliphatic carbocycles. The van der Waals surface area contributed by atoms with Crippen molar-refractivity contribution in [1.29, 1.82) is 0 Å². The second-order valence-electron chi connectivity index (χ2n) is 3.11. The van der Waals surface area contributed by atoms with Crippen LogP contribution in [0.4, 0.5) is 0 Å². The van der Waals surface area contributed by atoms with Gasteiger partial charge in [0, 0.05) is 6.20 Å². The highest BCUT2D eigenvalue weighted by molar-refractivity contribution is 7.59. The van der Waals surface area contributed by atoms with Gasteiger partial charge in [0.05, 0.1) is 9.88 Å². The van der Waals surface area contributed by atoms with Crippen molar-refractivity contribution < 1.29 is 0 Å². The lowest BCUT2D eigenvalue weighted by Gasteiger charge is -1.97. The second kappa shape index (κ2) is 7.47. The van der Waals surface area contributed by atoms with E-state index in [4.69, 9.17) is 0 Å². The summed E-state index contributed by atoms with van der Waals surface area (Å²) in [4.78, 5) is 5.49. The van der Waals surface area contributed by atoms with Crippen LogP contribution < -0.4 is 0 Å². The molecule has 16 heavy (non-hydrogen) atoms. The van der Waals surface area contributed by atoms with Crippen LogP contribution >= 0.6 is 24.8 Å². The summed E-state index contributed by atoms with van der Waals surface area (Å²) in [5, 5.41) is 1.12. The first-order chi connectivity index (χ1) is 7.25. The van der Waals surface area contributed by atoms with Gasteiger partial charge in [-0.2, -0.15) is 13.5 Å². The van der Waals surface area contributed by atoms with E-state index >= 15 is 0 Å². The molecule has 0 bridgehead atoms. The van der Waals surface area contributed by atoms with Crippen LogP contribution in [0, 0.1) is 13.8 Å². The van der Waals surface area contributed by atoms with Gasteiger partial charge in [-0.1, -0.05) is 43.7 Å². The van der Waals surface area contributed by atoms with E-state index in [1.165, 1.54) is 16.0 Å². The van der Waals surface area contributed by atoms with Crippen LogP contribution in [0.5, 0.6) is 0 Å². The molecule has 1 aromatic heterocycles. The molecule has 3 heteroatoms. The second-order valence-corrected chi connectivity index (χ2v) is 4.35. The third-order valence-electron chi connectivity index (χ3n) is 1.92. The van der Waals surface area contributed by atoms with Crippen LogP contribution in [-0.2, 0) is 0 Å². The summed E-state index contributed by atoms with van der Waals surface area (Å²) >= 11 is 1.74. The van der Waals surface area contributed by atoms with Crippen molar-refractivity contribution in [3.63, 3.8) is 0 Å². The number of aromatic nitrogens is 1. The highest BCUT2D eigenvalue weighted by atomic mass is 32.1. The standard InChI is InChI=1S/C11H11NS.C2H6.H2S/c1-8-4-3-5-10(6-8)11-7-12-9(2)13-11;1-2;/h3-7H,1-2H3;1-2H3;1H2. The quantitative estimate of drug-likeness (QED) is 0.725. The molecule has 0 aliphatic rings. The van der Waals surface area contributed by atoms with Gasteiger partial charge in [0.15, 0.2) is 0 Å². The smallest absolute Gasteiger partial charge is 0.0900 e. The monoisotopic (exact) mass is 253 g/mol. The molecule has 0 saturated heterocycles. The summed E-state index contributed by atoms with van der Waals surface area (Å²) in [6.07, 6.45) is 1.94.